The molecule has 0 amide bonds. The van der Waals surface area contributed by atoms with E-state index in [9.17, 15) is 0 Å². The predicted molar refractivity (Wildman–Crippen MR) is 102 cm³/mol. The maximum atomic E-state index is 5.98. The molecule has 0 atom stereocenters. The lowest BCUT2D eigenvalue weighted by Crippen LogP contribution is -2.21. The van der Waals surface area contributed by atoms with Crippen molar-refractivity contribution in [2.45, 2.75) is 117 Å². The van der Waals surface area contributed by atoms with Crippen LogP contribution in [0.25, 0.3) is 0 Å². The first-order chi connectivity index (χ1) is 11.2. The minimum Gasteiger partial charge on any atom is -0.353 e. The maximum absolute atomic E-state index is 5.98. The Morgan fingerprint density at radius 3 is 1.35 bits per heavy atom. The normalized spacial score (nSPS) is 11.7. The van der Waals surface area contributed by atoms with Crippen molar-refractivity contribution < 1.29 is 9.47 Å². The standard InChI is InChI=1S/C21H44O2/c1-5-7-9-11-13-15-17-22-21(19-20(3)4)23-18-16-14-12-10-8-6-2/h20-21H,5-19H2,1-4H3. The minimum atomic E-state index is 0.0151. The Morgan fingerprint density at radius 1 is 0.565 bits per heavy atom. The van der Waals surface area contributed by atoms with E-state index in [4.69, 9.17) is 9.47 Å². The zero-order valence-electron chi connectivity index (χ0n) is 16.6. The third-order valence-corrected chi connectivity index (χ3v) is 4.27. The van der Waals surface area contributed by atoms with Crippen LogP contribution in [0.1, 0.15) is 111 Å². The second kappa shape index (κ2) is 18.3. The summed E-state index contributed by atoms with van der Waals surface area (Å²) in [5.41, 5.74) is 0. The molecule has 0 spiro atoms. The summed E-state index contributed by atoms with van der Waals surface area (Å²) in [6, 6.07) is 0. The van der Waals surface area contributed by atoms with Crippen LogP contribution in [-0.2, 0) is 9.47 Å². The molecule has 23 heavy (non-hydrogen) atoms. The van der Waals surface area contributed by atoms with Gasteiger partial charge in [0.2, 0.25) is 0 Å². The Kier molecular flexibility index (Phi) is 18.2. The molecule has 2 heteroatoms. The first kappa shape index (κ1) is 22.9. The monoisotopic (exact) mass is 328 g/mol. The van der Waals surface area contributed by atoms with Crippen LogP contribution in [0, 0.1) is 5.92 Å². The quantitative estimate of drug-likeness (QED) is 0.197. The average molecular weight is 329 g/mol. The van der Waals surface area contributed by atoms with Gasteiger partial charge in [-0.15, -0.1) is 0 Å². The molecule has 0 rings (SSSR count). The highest BCUT2D eigenvalue weighted by molar-refractivity contribution is 4.53. The number of unbranched alkanes of at least 4 members (excludes halogenated alkanes) is 10. The summed E-state index contributed by atoms with van der Waals surface area (Å²) < 4.78 is 12.0. The molecule has 0 aromatic carbocycles. The van der Waals surface area contributed by atoms with Gasteiger partial charge in [-0.05, 0) is 18.8 Å². The van der Waals surface area contributed by atoms with E-state index in [1.54, 1.807) is 0 Å². The van der Waals surface area contributed by atoms with Crippen molar-refractivity contribution in [2.75, 3.05) is 13.2 Å². The van der Waals surface area contributed by atoms with Crippen molar-refractivity contribution in [3.05, 3.63) is 0 Å². The van der Waals surface area contributed by atoms with Crippen molar-refractivity contribution >= 4 is 0 Å². The first-order valence-corrected chi connectivity index (χ1v) is 10.4. The van der Waals surface area contributed by atoms with Gasteiger partial charge in [0.05, 0.1) is 0 Å². The molecule has 0 saturated heterocycles. The summed E-state index contributed by atoms with van der Waals surface area (Å²) in [4.78, 5) is 0. The van der Waals surface area contributed by atoms with E-state index in [2.05, 4.69) is 27.7 Å². The van der Waals surface area contributed by atoms with Crippen LogP contribution in [0.5, 0.6) is 0 Å². The van der Waals surface area contributed by atoms with Gasteiger partial charge < -0.3 is 9.47 Å². The zero-order valence-corrected chi connectivity index (χ0v) is 16.6. The molecular formula is C21H44O2. The van der Waals surface area contributed by atoms with E-state index in [1.165, 1.54) is 77.0 Å². The molecule has 0 radical (unpaired) electrons. The molecular weight excluding hydrogens is 284 g/mol. The van der Waals surface area contributed by atoms with Gasteiger partial charge >= 0.3 is 0 Å². The van der Waals surface area contributed by atoms with Crippen LogP contribution in [0.2, 0.25) is 0 Å². The zero-order chi connectivity index (χ0) is 17.2. The Labute approximate surface area is 146 Å². The third-order valence-electron chi connectivity index (χ3n) is 4.27. The molecule has 0 aliphatic heterocycles. The highest BCUT2D eigenvalue weighted by atomic mass is 16.7. The maximum Gasteiger partial charge on any atom is 0.157 e. The lowest BCUT2D eigenvalue weighted by atomic mass is 10.1. The molecule has 0 aromatic heterocycles. The van der Waals surface area contributed by atoms with Crippen molar-refractivity contribution in [3.63, 3.8) is 0 Å². The molecule has 0 saturated carbocycles. The highest BCUT2D eigenvalue weighted by Gasteiger charge is 2.11. The Bertz CT molecular complexity index is 198. The molecule has 0 unspecified atom stereocenters. The molecule has 0 N–H and O–H groups in total. The Balaban J connectivity index is 3.60. The highest BCUT2D eigenvalue weighted by Crippen LogP contribution is 2.13. The summed E-state index contributed by atoms with van der Waals surface area (Å²) in [6.07, 6.45) is 16.8. The fourth-order valence-corrected chi connectivity index (χ4v) is 2.76. The van der Waals surface area contributed by atoms with Gasteiger partial charge in [0.25, 0.3) is 0 Å². The van der Waals surface area contributed by atoms with E-state index < -0.39 is 0 Å². The van der Waals surface area contributed by atoms with Crippen molar-refractivity contribution in [1.29, 1.82) is 0 Å². The topological polar surface area (TPSA) is 18.5 Å². The molecule has 0 heterocycles. The lowest BCUT2D eigenvalue weighted by molar-refractivity contribution is -0.152. The van der Waals surface area contributed by atoms with Gasteiger partial charge in [-0.3, -0.25) is 0 Å². The third kappa shape index (κ3) is 18.1. The molecule has 0 aliphatic rings. The predicted octanol–water partition coefficient (Wildman–Crippen LogP) is 7.11. The second-order valence-electron chi connectivity index (χ2n) is 7.34. The number of rotatable bonds is 18. The molecule has 140 valence electrons. The van der Waals surface area contributed by atoms with Crippen molar-refractivity contribution in [2.24, 2.45) is 5.92 Å². The molecule has 0 fully saturated rings. The summed E-state index contributed by atoms with van der Waals surface area (Å²) in [5.74, 6) is 0.633. The number of ether oxygens (including phenoxy) is 2. The van der Waals surface area contributed by atoms with Crippen molar-refractivity contribution in [1.82, 2.24) is 0 Å². The fourth-order valence-electron chi connectivity index (χ4n) is 2.76. The van der Waals surface area contributed by atoms with E-state index in [0.717, 1.165) is 19.6 Å². The molecule has 0 aliphatic carbocycles. The largest absolute Gasteiger partial charge is 0.353 e. The van der Waals surface area contributed by atoms with Gasteiger partial charge in [0.1, 0.15) is 0 Å². The van der Waals surface area contributed by atoms with Crippen molar-refractivity contribution in [3.8, 4) is 0 Å². The SMILES string of the molecule is CCCCCCCCOC(CC(C)C)OCCCCCCCC. The van der Waals surface area contributed by atoms with Gasteiger partial charge in [-0.25, -0.2) is 0 Å². The summed E-state index contributed by atoms with van der Waals surface area (Å²) in [6.45, 7) is 10.7. The van der Waals surface area contributed by atoms with E-state index in [-0.39, 0.29) is 6.29 Å². The second-order valence-corrected chi connectivity index (χ2v) is 7.34. The summed E-state index contributed by atoms with van der Waals surface area (Å²) >= 11 is 0. The lowest BCUT2D eigenvalue weighted by Gasteiger charge is -2.20. The summed E-state index contributed by atoms with van der Waals surface area (Å²) in [7, 11) is 0. The fraction of sp³-hybridized carbons (Fsp3) is 1.00. The number of hydrogen-bond donors (Lipinski definition) is 0. The van der Waals surface area contributed by atoms with Crippen LogP contribution in [0.15, 0.2) is 0 Å². The van der Waals surface area contributed by atoms with Gasteiger partial charge in [-0.2, -0.15) is 0 Å². The summed E-state index contributed by atoms with van der Waals surface area (Å²) in [5, 5.41) is 0. The number of hydrogen-bond acceptors (Lipinski definition) is 2. The Hall–Kier alpha value is -0.0800. The average Bonchev–Trinajstić information content (AvgIpc) is 2.52. The van der Waals surface area contributed by atoms with E-state index in [1.807, 2.05) is 0 Å². The van der Waals surface area contributed by atoms with Gasteiger partial charge in [0, 0.05) is 19.6 Å². The van der Waals surface area contributed by atoms with Crippen LogP contribution < -0.4 is 0 Å². The first-order valence-electron chi connectivity index (χ1n) is 10.4. The minimum absolute atomic E-state index is 0.0151. The van der Waals surface area contributed by atoms with E-state index >= 15 is 0 Å². The Morgan fingerprint density at radius 2 is 0.957 bits per heavy atom. The molecule has 0 aromatic rings. The molecule has 0 bridgehead atoms. The smallest absolute Gasteiger partial charge is 0.157 e. The van der Waals surface area contributed by atoms with Crippen LogP contribution >= 0.6 is 0 Å². The van der Waals surface area contributed by atoms with E-state index in [0.29, 0.717) is 5.92 Å². The van der Waals surface area contributed by atoms with Gasteiger partial charge in [-0.1, -0.05) is 91.9 Å². The van der Waals surface area contributed by atoms with Crippen LogP contribution in [0.4, 0.5) is 0 Å². The van der Waals surface area contributed by atoms with Crippen LogP contribution in [-0.4, -0.2) is 19.5 Å². The molecule has 2 nitrogen and oxygen atoms in total. The van der Waals surface area contributed by atoms with Crippen LogP contribution in [0.3, 0.4) is 0 Å². The van der Waals surface area contributed by atoms with Gasteiger partial charge in [0.15, 0.2) is 6.29 Å².